The van der Waals surface area contributed by atoms with Gasteiger partial charge in [0.05, 0.1) is 18.4 Å². The van der Waals surface area contributed by atoms with Crippen molar-refractivity contribution in [3.05, 3.63) is 76.6 Å². The van der Waals surface area contributed by atoms with Gasteiger partial charge in [-0.05, 0) is 74.9 Å². The second-order valence-electron chi connectivity index (χ2n) is 7.32. The molecule has 5 nitrogen and oxygen atoms in total. The van der Waals surface area contributed by atoms with Crippen molar-refractivity contribution in [1.29, 1.82) is 0 Å². The molecule has 0 bridgehead atoms. The summed E-state index contributed by atoms with van der Waals surface area (Å²) < 4.78 is 7.00. The summed E-state index contributed by atoms with van der Waals surface area (Å²) in [5.41, 5.74) is 7.95. The number of anilines is 1. The first-order valence-corrected chi connectivity index (χ1v) is 9.51. The van der Waals surface area contributed by atoms with Crippen LogP contribution in [0.1, 0.15) is 32.9 Å². The number of carbonyl (C=O) groups is 1. The fraction of sp³-hybridized carbons (Fsp3) is 0.250. The van der Waals surface area contributed by atoms with E-state index in [1.54, 1.807) is 6.07 Å². The van der Waals surface area contributed by atoms with Crippen molar-refractivity contribution in [2.45, 2.75) is 20.8 Å². The SMILES string of the molecule is COC(=O)c1ccc(-n2c(C)cc(C=Nc3ccc(N(C)C)cc3)c2C)c(C)c1. The lowest BCUT2D eigenvalue weighted by Crippen LogP contribution is -2.07. The molecule has 150 valence electrons. The van der Waals surface area contributed by atoms with Crippen LogP contribution in [0.5, 0.6) is 0 Å². The first-order valence-electron chi connectivity index (χ1n) is 9.51. The molecule has 29 heavy (non-hydrogen) atoms. The van der Waals surface area contributed by atoms with Crippen LogP contribution in [0, 0.1) is 20.8 Å². The van der Waals surface area contributed by atoms with Crippen LogP contribution in [0.3, 0.4) is 0 Å². The minimum Gasteiger partial charge on any atom is -0.465 e. The quantitative estimate of drug-likeness (QED) is 0.455. The van der Waals surface area contributed by atoms with E-state index in [4.69, 9.17) is 4.74 Å². The van der Waals surface area contributed by atoms with E-state index in [9.17, 15) is 4.79 Å². The van der Waals surface area contributed by atoms with Gasteiger partial charge in [-0.2, -0.15) is 0 Å². The van der Waals surface area contributed by atoms with Gasteiger partial charge in [0.1, 0.15) is 0 Å². The van der Waals surface area contributed by atoms with Gasteiger partial charge in [-0.1, -0.05) is 0 Å². The second kappa shape index (κ2) is 8.35. The van der Waals surface area contributed by atoms with Crippen LogP contribution in [-0.2, 0) is 4.74 Å². The van der Waals surface area contributed by atoms with Gasteiger partial charge in [-0.25, -0.2) is 4.79 Å². The number of methoxy groups -OCH3 is 1. The second-order valence-corrected chi connectivity index (χ2v) is 7.32. The minimum absolute atomic E-state index is 0.325. The number of rotatable bonds is 5. The van der Waals surface area contributed by atoms with Crippen LogP contribution in [0.2, 0.25) is 0 Å². The zero-order valence-corrected chi connectivity index (χ0v) is 17.9. The third-order valence-electron chi connectivity index (χ3n) is 5.05. The first-order chi connectivity index (χ1) is 13.8. The molecule has 0 aliphatic rings. The van der Waals surface area contributed by atoms with Crippen molar-refractivity contribution in [3.63, 3.8) is 0 Å². The van der Waals surface area contributed by atoms with Crippen molar-refractivity contribution < 1.29 is 9.53 Å². The Morgan fingerprint density at radius 3 is 2.31 bits per heavy atom. The number of aliphatic imine (C=N–C) groups is 1. The van der Waals surface area contributed by atoms with Crippen molar-refractivity contribution in [1.82, 2.24) is 4.57 Å². The molecule has 0 fully saturated rings. The zero-order valence-electron chi connectivity index (χ0n) is 17.9. The fourth-order valence-corrected chi connectivity index (χ4v) is 3.42. The maximum Gasteiger partial charge on any atom is 0.337 e. The summed E-state index contributed by atoms with van der Waals surface area (Å²) in [6.07, 6.45) is 1.90. The molecule has 0 aliphatic carbocycles. The van der Waals surface area contributed by atoms with Gasteiger partial charge < -0.3 is 14.2 Å². The summed E-state index contributed by atoms with van der Waals surface area (Å²) in [5, 5.41) is 0. The zero-order chi connectivity index (χ0) is 21.1. The van der Waals surface area contributed by atoms with E-state index in [2.05, 4.69) is 46.5 Å². The fourth-order valence-electron chi connectivity index (χ4n) is 3.42. The summed E-state index contributed by atoms with van der Waals surface area (Å²) in [5.74, 6) is -0.325. The first kappa shape index (κ1) is 20.4. The van der Waals surface area contributed by atoms with Gasteiger partial charge in [0.25, 0.3) is 0 Å². The van der Waals surface area contributed by atoms with Crippen molar-refractivity contribution in [2.24, 2.45) is 4.99 Å². The molecule has 1 heterocycles. The predicted molar refractivity (Wildman–Crippen MR) is 119 cm³/mol. The Kier molecular flexibility index (Phi) is 5.87. The van der Waals surface area contributed by atoms with Crippen LogP contribution < -0.4 is 4.90 Å². The normalized spacial score (nSPS) is 11.1. The number of ether oxygens (including phenoxy) is 1. The van der Waals surface area contributed by atoms with Gasteiger partial charge in [-0.3, -0.25) is 4.99 Å². The van der Waals surface area contributed by atoms with Crippen LogP contribution in [0.4, 0.5) is 11.4 Å². The van der Waals surface area contributed by atoms with Crippen molar-refractivity contribution >= 4 is 23.6 Å². The Hall–Kier alpha value is -3.34. The molecule has 1 aromatic heterocycles. The lowest BCUT2D eigenvalue weighted by Gasteiger charge is -2.13. The molecule has 0 atom stereocenters. The number of aryl methyl sites for hydroxylation is 2. The van der Waals surface area contributed by atoms with Gasteiger partial charge in [0.15, 0.2) is 0 Å². The average Bonchev–Trinajstić information content (AvgIpc) is 2.99. The predicted octanol–water partition coefficient (Wildman–Crippen LogP) is 5.01. The molecular weight excluding hydrogens is 362 g/mol. The lowest BCUT2D eigenvalue weighted by atomic mass is 10.1. The van der Waals surface area contributed by atoms with Crippen LogP contribution in [0.15, 0.2) is 53.5 Å². The highest BCUT2D eigenvalue weighted by atomic mass is 16.5. The van der Waals surface area contributed by atoms with E-state index >= 15 is 0 Å². The average molecular weight is 389 g/mol. The summed E-state index contributed by atoms with van der Waals surface area (Å²) in [4.78, 5) is 18.5. The number of benzene rings is 2. The third-order valence-corrected chi connectivity index (χ3v) is 5.05. The van der Waals surface area contributed by atoms with E-state index in [1.165, 1.54) is 7.11 Å². The number of hydrogen-bond donors (Lipinski definition) is 0. The summed E-state index contributed by atoms with van der Waals surface area (Å²) in [6, 6.07) is 15.9. The highest BCUT2D eigenvalue weighted by Gasteiger charge is 2.13. The Balaban J connectivity index is 1.92. The molecule has 0 unspecified atom stereocenters. The third kappa shape index (κ3) is 4.24. The smallest absolute Gasteiger partial charge is 0.337 e. The number of nitrogens with zero attached hydrogens (tertiary/aromatic N) is 3. The number of esters is 1. The number of carbonyl (C=O) groups excluding carboxylic acids is 1. The number of aromatic nitrogens is 1. The molecular formula is C24H27N3O2. The Labute approximate surface area is 172 Å². The largest absolute Gasteiger partial charge is 0.465 e. The highest BCUT2D eigenvalue weighted by molar-refractivity contribution is 5.90. The molecule has 2 aromatic carbocycles. The van der Waals surface area contributed by atoms with Crippen molar-refractivity contribution in [2.75, 3.05) is 26.1 Å². The summed E-state index contributed by atoms with van der Waals surface area (Å²) >= 11 is 0. The van der Waals surface area contributed by atoms with Crippen LogP contribution >= 0.6 is 0 Å². The molecule has 3 rings (SSSR count). The molecule has 0 N–H and O–H groups in total. The Morgan fingerprint density at radius 1 is 1.03 bits per heavy atom. The molecule has 3 aromatic rings. The summed E-state index contributed by atoms with van der Waals surface area (Å²) in [6.45, 7) is 6.15. The van der Waals surface area contributed by atoms with Gasteiger partial charge in [0.2, 0.25) is 0 Å². The number of hydrogen-bond acceptors (Lipinski definition) is 4. The van der Waals surface area contributed by atoms with E-state index in [1.807, 2.05) is 51.5 Å². The van der Waals surface area contributed by atoms with Gasteiger partial charge in [-0.15, -0.1) is 0 Å². The molecule has 0 amide bonds. The summed E-state index contributed by atoms with van der Waals surface area (Å²) in [7, 11) is 5.44. The van der Waals surface area contributed by atoms with Gasteiger partial charge >= 0.3 is 5.97 Å². The van der Waals surface area contributed by atoms with E-state index in [-0.39, 0.29) is 5.97 Å². The van der Waals surface area contributed by atoms with E-state index in [0.717, 1.165) is 39.6 Å². The van der Waals surface area contributed by atoms with Crippen LogP contribution in [0.25, 0.3) is 5.69 Å². The minimum atomic E-state index is -0.325. The molecule has 0 spiro atoms. The molecule has 0 saturated heterocycles. The van der Waals surface area contributed by atoms with Crippen LogP contribution in [-0.4, -0.2) is 38.0 Å². The standard InChI is InChI=1S/C24H27N3O2/c1-16-13-19(24(28)29-6)7-12-23(16)27-17(2)14-20(18(27)3)15-25-21-8-10-22(11-9-21)26(4)5/h7-15H,1-6H3. The topological polar surface area (TPSA) is 46.8 Å². The lowest BCUT2D eigenvalue weighted by molar-refractivity contribution is 0.0600. The van der Waals surface area contributed by atoms with E-state index in [0.29, 0.717) is 5.56 Å². The molecule has 0 saturated carbocycles. The van der Waals surface area contributed by atoms with E-state index < -0.39 is 0 Å². The highest BCUT2D eigenvalue weighted by Crippen LogP contribution is 2.24. The maximum absolute atomic E-state index is 11.8. The molecule has 0 radical (unpaired) electrons. The van der Waals surface area contributed by atoms with Gasteiger partial charge in [0, 0.05) is 48.6 Å². The Morgan fingerprint density at radius 2 is 1.72 bits per heavy atom. The monoisotopic (exact) mass is 389 g/mol. The van der Waals surface area contributed by atoms with Crippen molar-refractivity contribution in [3.8, 4) is 5.69 Å². The Bertz CT molecular complexity index is 1060. The molecule has 0 aliphatic heterocycles. The molecule has 5 heteroatoms. The maximum atomic E-state index is 11.8.